The zero-order valence-electron chi connectivity index (χ0n) is 12.1. The zero-order valence-corrected chi connectivity index (χ0v) is 12.1. The quantitative estimate of drug-likeness (QED) is 0.861. The maximum Gasteiger partial charge on any atom is 0.254 e. The van der Waals surface area contributed by atoms with E-state index in [0.29, 0.717) is 18.7 Å². The van der Waals surface area contributed by atoms with Crippen molar-refractivity contribution in [3.8, 4) is 0 Å². The van der Waals surface area contributed by atoms with E-state index in [1.807, 2.05) is 17.0 Å². The van der Waals surface area contributed by atoms with Gasteiger partial charge in [0.05, 0.1) is 17.1 Å². The topological polar surface area (TPSA) is 75.3 Å². The number of fused-ring (bicyclic) bond motifs is 1. The van der Waals surface area contributed by atoms with Crippen LogP contribution in [0.15, 0.2) is 30.6 Å². The van der Waals surface area contributed by atoms with Crippen molar-refractivity contribution < 1.29 is 4.79 Å². The van der Waals surface area contributed by atoms with Crippen LogP contribution in [0.3, 0.4) is 0 Å². The van der Waals surface area contributed by atoms with Crippen LogP contribution >= 0.6 is 0 Å². The summed E-state index contributed by atoms with van der Waals surface area (Å²) in [4.78, 5) is 25.3. The summed E-state index contributed by atoms with van der Waals surface area (Å²) in [7, 11) is 2.05. The van der Waals surface area contributed by atoms with Gasteiger partial charge in [-0.1, -0.05) is 0 Å². The average molecular weight is 285 g/mol. The van der Waals surface area contributed by atoms with Crippen molar-refractivity contribution in [1.82, 2.24) is 19.8 Å². The van der Waals surface area contributed by atoms with Crippen molar-refractivity contribution in [3.05, 3.63) is 36.2 Å². The van der Waals surface area contributed by atoms with Gasteiger partial charge in [0.2, 0.25) is 0 Å². The molecule has 1 aliphatic heterocycles. The SMILES string of the molecule is CN1CCN(C(=O)c2ccc3nccnc3c2)C(CN)C1. The van der Waals surface area contributed by atoms with Gasteiger partial charge in [-0.05, 0) is 25.2 Å². The number of carbonyl (C=O) groups excluding carboxylic acids is 1. The Bertz CT molecular complexity index is 659. The van der Waals surface area contributed by atoms with Crippen LogP contribution in [0, 0.1) is 0 Å². The predicted molar refractivity (Wildman–Crippen MR) is 80.9 cm³/mol. The third kappa shape index (κ3) is 2.72. The smallest absolute Gasteiger partial charge is 0.254 e. The molecular formula is C15H19N5O. The highest BCUT2D eigenvalue weighted by atomic mass is 16.2. The molecule has 1 aromatic carbocycles. The minimum Gasteiger partial charge on any atom is -0.332 e. The average Bonchev–Trinajstić information content (AvgIpc) is 2.53. The summed E-state index contributed by atoms with van der Waals surface area (Å²) >= 11 is 0. The molecule has 0 saturated carbocycles. The van der Waals surface area contributed by atoms with E-state index in [4.69, 9.17) is 5.73 Å². The monoisotopic (exact) mass is 285 g/mol. The number of nitrogens with two attached hydrogens (primary N) is 1. The molecule has 1 aromatic heterocycles. The van der Waals surface area contributed by atoms with Gasteiger partial charge in [0.25, 0.3) is 5.91 Å². The Kier molecular flexibility index (Phi) is 3.81. The number of amides is 1. The lowest BCUT2D eigenvalue weighted by Crippen LogP contribution is -2.56. The van der Waals surface area contributed by atoms with Crippen molar-refractivity contribution in [2.45, 2.75) is 6.04 Å². The number of rotatable bonds is 2. The summed E-state index contributed by atoms with van der Waals surface area (Å²) in [6, 6.07) is 5.51. The highest BCUT2D eigenvalue weighted by Crippen LogP contribution is 2.16. The molecule has 1 saturated heterocycles. The Hall–Kier alpha value is -2.05. The molecule has 0 bridgehead atoms. The number of nitrogens with zero attached hydrogens (tertiary/aromatic N) is 4. The zero-order chi connectivity index (χ0) is 14.8. The molecule has 21 heavy (non-hydrogen) atoms. The molecule has 6 heteroatoms. The number of benzene rings is 1. The van der Waals surface area contributed by atoms with Crippen LogP contribution in [-0.2, 0) is 0 Å². The molecule has 3 rings (SSSR count). The third-order valence-electron chi connectivity index (χ3n) is 3.94. The maximum atomic E-state index is 12.7. The standard InChI is InChI=1S/C15H19N5O/c1-19-6-7-20(12(9-16)10-19)15(21)11-2-3-13-14(8-11)18-5-4-17-13/h2-5,8,12H,6-7,9-10,16H2,1H3. The van der Waals surface area contributed by atoms with E-state index < -0.39 is 0 Å². The van der Waals surface area contributed by atoms with Crippen LogP contribution in [0.5, 0.6) is 0 Å². The van der Waals surface area contributed by atoms with Crippen LogP contribution in [0.25, 0.3) is 11.0 Å². The fourth-order valence-electron chi connectivity index (χ4n) is 2.74. The molecule has 2 N–H and O–H groups in total. The summed E-state index contributed by atoms with van der Waals surface area (Å²) < 4.78 is 0. The molecule has 0 spiro atoms. The highest BCUT2D eigenvalue weighted by molar-refractivity contribution is 5.97. The van der Waals surface area contributed by atoms with E-state index in [2.05, 4.69) is 21.9 Å². The first-order chi connectivity index (χ1) is 10.2. The van der Waals surface area contributed by atoms with Crippen LogP contribution in [-0.4, -0.2) is 64.9 Å². The Labute approximate surface area is 123 Å². The second kappa shape index (κ2) is 5.75. The Morgan fingerprint density at radius 3 is 2.81 bits per heavy atom. The summed E-state index contributed by atoms with van der Waals surface area (Å²) in [5.41, 5.74) is 8.00. The molecule has 6 nitrogen and oxygen atoms in total. The van der Waals surface area contributed by atoms with E-state index in [1.54, 1.807) is 18.5 Å². The third-order valence-corrected chi connectivity index (χ3v) is 3.94. The van der Waals surface area contributed by atoms with E-state index in [0.717, 1.165) is 24.1 Å². The molecule has 110 valence electrons. The number of piperazine rings is 1. The molecule has 1 atom stereocenters. The molecule has 0 aliphatic carbocycles. The first-order valence-corrected chi connectivity index (χ1v) is 7.09. The molecule has 2 aromatic rings. The predicted octanol–water partition coefficient (Wildman–Crippen LogP) is 0.345. The molecule has 1 fully saturated rings. The maximum absolute atomic E-state index is 12.7. The first kappa shape index (κ1) is 13.9. The lowest BCUT2D eigenvalue weighted by Gasteiger charge is -2.39. The van der Waals surface area contributed by atoms with Crippen LogP contribution in [0.1, 0.15) is 10.4 Å². The van der Waals surface area contributed by atoms with Crippen molar-refractivity contribution in [2.75, 3.05) is 33.2 Å². The van der Waals surface area contributed by atoms with E-state index >= 15 is 0 Å². The van der Waals surface area contributed by atoms with Gasteiger partial charge in [-0.25, -0.2) is 0 Å². The van der Waals surface area contributed by atoms with Gasteiger partial charge >= 0.3 is 0 Å². The second-order valence-corrected chi connectivity index (χ2v) is 5.41. The molecule has 1 aliphatic rings. The summed E-state index contributed by atoms with van der Waals surface area (Å²) in [5, 5.41) is 0. The van der Waals surface area contributed by atoms with Crippen LogP contribution in [0.4, 0.5) is 0 Å². The Morgan fingerprint density at radius 2 is 2.05 bits per heavy atom. The van der Waals surface area contributed by atoms with Crippen LogP contribution < -0.4 is 5.73 Å². The highest BCUT2D eigenvalue weighted by Gasteiger charge is 2.28. The summed E-state index contributed by atoms with van der Waals surface area (Å²) in [5.74, 6) is 0.0195. The summed E-state index contributed by atoms with van der Waals surface area (Å²) in [6.07, 6.45) is 3.28. The van der Waals surface area contributed by atoms with Gasteiger partial charge in [-0.3, -0.25) is 14.8 Å². The molecule has 1 amide bonds. The van der Waals surface area contributed by atoms with E-state index in [1.165, 1.54) is 0 Å². The van der Waals surface area contributed by atoms with Crippen LogP contribution in [0.2, 0.25) is 0 Å². The van der Waals surface area contributed by atoms with Gasteiger partial charge in [0.1, 0.15) is 0 Å². The minimum atomic E-state index is 0.0195. The van der Waals surface area contributed by atoms with Gasteiger partial charge in [0, 0.05) is 44.1 Å². The largest absolute Gasteiger partial charge is 0.332 e. The van der Waals surface area contributed by atoms with Gasteiger partial charge in [-0.2, -0.15) is 0 Å². The number of hydrogen-bond donors (Lipinski definition) is 1. The van der Waals surface area contributed by atoms with Crippen molar-refractivity contribution in [3.63, 3.8) is 0 Å². The fraction of sp³-hybridized carbons (Fsp3) is 0.400. The fourth-order valence-corrected chi connectivity index (χ4v) is 2.74. The van der Waals surface area contributed by atoms with Crippen molar-refractivity contribution >= 4 is 16.9 Å². The normalized spacial score (nSPS) is 19.9. The molecule has 0 radical (unpaired) electrons. The molecule has 2 heterocycles. The minimum absolute atomic E-state index is 0.0195. The van der Waals surface area contributed by atoms with Gasteiger partial charge in [-0.15, -0.1) is 0 Å². The number of aromatic nitrogens is 2. The van der Waals surface area contributed by atoms with Crippen molar-refractivity contribution in [1.29, 1.82) is 0 Å². The van der Waals surface area contributed by atoms with Gasteiger partial charge < -0.3 is 15.5 Å². The number of likely N-dealkylation sites (N-methyl/N-ethyl adjacent to an activating group) is 1. The number of hydrogen-bond acceptors (Lipinski definition) is 5. The molecular weight excluding hydrogens is 266 g/mol. The van der Waals surface area contributed by atoms with E-state index in [-0.39, 0.29) is 11.9 Å². The van der Waals surface area contributed by atoms with E-state index in [9.17, 15) is 4.79 Å². The number of carbonyl (C=O) groups is 1. The first-order valence-electron chi connectivity index (χ1n) is 7.09. The van der Waals surface area contributed by atoms with Gasteiger partial charge in [0.15, 0.2) is 0 Å². The molecule has 1 unspecified atom stereocenters. The Balaban J connectivity index is 1.88. The van der Waals surface area contributed by atoms with Crippen molar-refractivity contribution in [2.24, 2.45) is 5.73 Å². The second-order valence-electron chi connectivity index (χ2n) is 5.41. The lowest BCUT2D eigenvalue weighted by atomic mass is 10.1. The Morgan fingerprint density at radius 1 is 1.29 bits per heavy atom. The summed E-state index contributed by atoms with van der Waals surface area (Å²) in [6.45, 7) is 2.87. The lowest BCUT2D eigenvalue weighted by molar-refractivity contribution is 0.0516.